The van der Waals surface area contributed by atoms with Crippen LogP contribution < -0.4 is 4.74 Å². The van der Waals surface area contributed by atoms with Crippen LogP contribution in [0, 0.1) is 0 Å². The molecule has 24 heavy (non-hydrogen) atoms. The first-order valence-electron chi connectivity index (χ1n) is 8.11. The SMILES string of the molecule is OCCOc1ccc2cc(-c3cccc4ccccc34)ccc2c1. The van der Waals surface area contributed by atoms with E-state index in [-0.39, 0.29) is 6.61 Å². The minimum atomic E-state index is 0.0258. The summed E-state index contributed by atoms with van der Waals surface area (Å²) in [5, 5.41) is 13.7. The first-order valence-corrected chi connectivity index (χ1v) is 8.11. The molecule has 0 aliphatic rings. The van der Waals surface area contributed by atoms with E-state index in [0.29, 0.717) is 6.61 Å². The van der Waals surface area contributed by atoms with Crippen LogP contribution in [-0.2, 0) is 0 Å². The quantitative estimate of drug-likeness (QED) is 0.572. The molecule has 0 atom stereocenters. The van der Waals surface area contributed by atoms with Crippen molar-refractivity contribution in [3.8, 4) is 16.9 Å². The first-order chi connectivity index (χ1) is 11.8. The third-order valence-electron chi connectivity index (χ3n) is 4.27. The fourth-order valence-corrected chi connectivity index (χ4v) is 3.12. The van der Waals surface area contributed by atoms with Crippen LogP contribution in [0.25, 0.3) is 32.7 Å². The summed E-state index contributed by atoms with van der Waals surface area (Å²) < 4.78 is 5.49. The van der Waals surface area contributed by atoms with E-state index in [2.05, 4.69) is 66.7 Å². The summed E-state index contributed by atoms with van der Waals surface area (Å²) >= 11 is 0. The largest absolute Gasteiger partial charge is 0.491 e. The number of ether oxygens (including phenoxy) is 1. The molecule has 0 bridgehead atoms. The second-order valence-corrected chi connectivity index (χ2v) is 5.82. The Hall–Kier alpha value is -2.84. The fraction of sp³-hybridized carbons (Fsp3) is 0.0909. The minimum absolute atomic E-state index is 0.0258. The summed E-state index contributed by atoms with van der Waals surface area (Å²) in [4.78, 5) is 0. The van der Waals surface area contributed by atoms with Gasteiger partial charge in [-0.25, -0.2) is 0 Å². The van der Waals surface area contributed by atoms with Crippen LogP contribution in [0.2, 0.25) is 0 Å². The zero-order valence-corrected chi connectivity index (χ0v) is 13.3. The third-order valence-corrected chi connectivity index (χ3v) is 4.27. The Morgan fingerprint density at radius 2 is 1.50 bits per heavy atom. The number of fused-ring (bicyclic) bond motifs is 2. The summed E-state index contributed by atoms with van der Waals surface area (Å²) in [6, 6.07) is 27.4. The fourth-order valence-electron chi connectivity index (χ4n) is 3.12. The lowest BCUT2D eigenvalue weighted by Crippen LogP contribution is -2.01. The van der Waals surface area contributed by atoms with Gasteiger partial charge in [0.15, 0.2) is 0 Å². The molecule has 1 N–H and O–H groups in total. The van der Waals surface area contributed by atoms with Crippen molar-refractivity contribution in [1.82, 2.24) is 0 Å². The Kier molecular flexibility index (Phi) is 3.89. The van der Waals surface area contributed by atoms with Crippen LogP contribution in [0.5, 0.6) is 5.75 Å². The summed E-state index contributed by atoms with van der Waals surface area (Å²) in [6.45, 7) is 0.345. The van der Waals surface area contributed by atoms with E-state index in [1.54, 1.807) is 0 Å². The highest BCUT2D eigenvalue weighted by atomic mass is 16.5. The Labute approximate surface area is 140 Å². The van der Waals surface area contributed by atoms with Crippen LogP contribution in [0.3, 0.4) is 0 Å². The molecular weight excluding hydrogens is 296 g/mol. The van der Waals surface area contributed by atoms with Crippen molar-refractivity contribution in [2.24, 2.45) is 0 Å². The second kappa shape index (κ2) is 6.34. The van der Waals surface area contributed by atoms with E-state index in [9.17, 15) is 0 Å². The molecule has 4 aromatic rings. The molecule has 118 valence electrons. The maximum Gasteiger partial charge on any atom is 0.120 e. The van der Waals surface area contributed by atoms with Crippen LogP contribution >= 0.6 is 0 Å². The molecule has 0 amide bonds. The number of aliphatic hydroxyl groups excluding tert-OH is 1. The Balaban J connectivity index is 1.79. The van der Waals surface area contributed by atoms with Crippen LogP contribution in [0.1, 0.15) is 0 Å². The molecule has 0 spiro atoms. The van der Waals surface area contributed by atoms with Gasteiger partial charge in [-0.1, -0.05) is 60.7 Å². The van der Waals surface area contributed by atoms with Gasteiger partial charge in [-0.05, 0) is 50.9 Å². The Morgan fingerprint density at radius 1 is 0.708 bits per heavy atom. The first kappa shape index (κ1) is 14.7. The van der Waals surface area contributed by atoms with Gasteiger partial charge in [-0.3, -0.25) is 0 Å². The van der Waals surface area contributed by atoms with E-state index < -0.39 is 0 Å². The third kappa shape index (κ3) is 2.72. The number of hydrogen-bond donors (Lipinski definition) is 1. The lowest BCUT2D eigenvalue weighted by atomic mass is 9.96. The van der Waals surface area contributed by atoms with Gasteiger partial charge >= 0.3 is 0 Å². The molecule has 2 heteroatoms. The lowest BCUT2D eigenvalue weighted by molar-refractivity contribution is 0.201. The van der Waals surface area contributed by atoms with Gasteiger partial charge in [-0.15, -0.1) is 0 Å². The van der Waals surface area contributed by atoms with Gasteiger partial charge in [0.25, 0.3) is 0 Å². The molecule has 0 aliphatic carbocycles. The molecule has 0 saturated carbocycles. The topological polar surface area (TPSA) is 29.5 Å². The molecule has 0 radical (unpaired) electrons. The molecule has 0 aromatic heterocycles. The zero-order chi connectivity index (χ0) is 16.4. The predicted molar refractivity (Wildman–Crippen MR) is 99.5 cm³/mol. The molecule has 4 aromatic carbocycles. The zero-order valence-electron chi connectivity index (χ0n) is 13.3. The van der Waals surface area contributed by atoms with Crippen molar-refractivity contribution in [2.45, 2.75) is 0 Å². The number of hydrogen-bond acceptors (Lipinski definition) is 2. The van der Waals surface area contributed by atoms with E-state index in [0.717, 1.165) is 11.1 Å². The van der Waals surface area contributed by atoms with E-state index in [4.69, 9.17) is 9.84 Å². The average molecular weight is 314 g/mol. The summed E-state index contributed by atoms with van der Waals surface area (Å²) in [7, 11) is 0. The lowest BCUT2D eigenvalue weighted by Gasteiger charge is -2.09. The average Bonchev–Trinajstić information content (AvgIpc) is 2.65. The van der Waals surface area contributed by atoms with Gasteiger partial charge in [0.1, 0.15) is 12.4 Å². The maximum absolute atomic E-state index is 8.86. The number of aliphatic hydroxyl groups is 1. The molecule has 0 fully saturated rings. The number of benzene rings is 4. The molecule has 0 aliphatic heterocycles. The van der Waals surface area contributed by atoms with Crippen molar-refractivity contribution in [1.29, 1.82) is 0 Å². The highest BCUT2D eigenvalue weighted by Gasteiger charge is 2.05. The van der Waals surface area contributed by atoms with Crippen LogP contribution in [0.15, 0.2) is 78.9 Å². The standard InChI is InChI=1S/C22H18O2/c23-12-13-24-20-11-10-17-14-19(9-8-18(17)15-20)22-7-3-5-16-4-1-2-6-21(16)22/h1-11,14-15,23H,12-13H2. The van der Waals surface area contributed by atoms with Gasteiger partial charge in [0.2, 0.25) is 0 Å². The molecular formula is C22H18O2. The molecule has 4 rings (SSSR count). The van der Waals surface area contributed by atoms with Crippen molar-refractivity contribution in [3.05, 3.63) is 78.9 Å². The van der Waals surface area contributed by atoms with Crippen molar-refractivity contribution in [2.75, 3.05) is 13.2 Å². The Morgan fingerprint density at radius 3 is 2.42 bits per heavy atom. The van der Waals surface area contributed by atoms with Crippen molar-refractivity contribution >= 4 is 21.5 Å². The van der Waals surface area contributed by atoms with Crippen LogP contribution in [0.4, 0.5) is 0 Å². The van der Waals surface area contributed by atoms with Gasteiger partial charge in [0.05, 0.1) is 6.61 Å². The monoisotopic (exact) mass is 314 g/mol. The summed E-state index contributed by atoms with van der Waals surface area (Å²) in [6.07, 6.45) is 0. The highest BCUT2D eigenvalue weighted by Crippen LogP contribution is 2.31. The van der Waals surface area contributed by atoms with Gasteiger partial charge in [-0.2, -0.15) is 0 Å². The van der Waals surface area contributed by atoms with Gasteiger partial charge < -0.3 is 9.84 Å². The van der Waals surface area contributed by atoms with Gasteiger partial charge in [0, 0.05) is 0 Å². The maximum atomic E-state index is 8.86. The smallest absolute Gasteiger partial charge is 0.120 e. The van der Waals surface area contributed by atoms with E-state index in [1.807, 2.05) is 12.1 Å². The summed E-state index contributed by atoms with van der Waals surface area (Å²) in [5.41, 5.74) is 2.46. The van der Waals surface area contributed by atoms with Crippen molar-refractivity contribution < 1.29 is 9.84 Å². The molecule has 0 unspecified atom stereocenters. The second-order valence-electron chi connectivity index (χ2n) is 5.82. The number of rotatable bonds is 4. The summed E-state index contributed by atoms with van der Waals surface area (Å²) in [5.74, 6) is 0.787. The molecule has 2 nitrogen and oxygen atoms in total. The Bertz CT molecular complexity index is 1000. The van der Waals surface area contributed by atoms with Crippen LogP contribution in [-0.4, -0.2) is 18.3 Å². The normalized spacial score (nSPS) is 11.0. The highest BCUT2D eigenvalue weighted by molar-refractivity contribution is 5.99. The van der Waals surface area contributed by atoms with Crippen molar-refractivity contribution in [3.63, 3.8) is 0 Å². The minimum Gasteiger partial charge on any atom is -0.491 e. The van der Waals surface area contributed by atoms with E-state index >= 15 is 0 Å². The molecule has 0 saturated heterocycles. The molecule has 0 heterocycles. The van der Waals surface area contributed by atoms with E-state index in [1.165, 1.54) is 27.3 Å². The predicted octanol–water partition coefficient (Wildman–Crippen LogP) is 5.03.